The van der Waals surface area contributed by atoms with E-state index in [1.165, 1.54) is 32.9 Å². The molecule has 0 radical (unpaired) electrons. The van der Waals surface area contributed by atoms with Gasteiger partial charge in [-0.15, -0.1) is 0 Å². The average molecular weight is 791 g/mol. The Morgan fingerprint density at radius 1 is 0.306 bits per heavy atom. The van der Waals surface area contributed by atoms with Gasteiger partial charge in [0.15, 0.2) is 5.82 Å². The van der Waals surface area contributed by atoms with Crippen LogP contribution in [0.1, 0.15) is 0 Å². The SMILES string of the molecule is c1ccc(-c2cccc(-c3nc(-c4cccc(-c5cccc(-c6cccc7c6c6ccccc6n7-c6ccccc6)c5)c4)c4c(n3)c3ccccc3n4-c3ccccc3)c2)cc1. The van der Waals surface area contributed by atoms with E-state index in [9.17, 15) is 0 Å². The zero-order chi connectivity index (χ0) is 41.0. The van der Waals surface area contributed by atoms with Crippen molar-refractivity contribution in [2.75, 3.05) is 0 Å². The molecule has 9 aromatic carbocycles. The summed E-state index contributed by atoms with van der Waals surface area (Å²) in [4.78, 5) is 10.9. The predicted molar refractivity (Wildman–Crippen MR) is 258 cm³/mol. The van der Waals surface area contributed by atoms with Crippen LogP contribution >= 0.6 is 0 Å². The van der Waals surface area contributed by atoms with Crippen LogP contribution in [0.4, 0.5) is 0 Å². The molecule has 0 aliphatic carbocycles. The van der Waals surface area contributed by atoms with E-state index in [1.54, 1.807) is 0 Å². The molecule has 0 atom stereocenters. The fourth-order valence-electron chi connectivity index (χ4n) is 9.32. The van der Waals surface area contributed by atoms with E-state index < -0.39 is 0 Å². The van der Waals surface area contributed by atoms with Gasteiger partial charge in [-0.1, -0.05) is 170 Å². The molecule has 0 aliphatic rings. The first-order valence-corrected chi connectivity index (χ1v) is 21.1. The lowest BCUT2D eigenvalue weighted by Gasteiger charge is -2.14. The zero-order valence-corrected chi connectivity index (χ0v) is 33.7. The number of nitrogens with zero attached hydrogens (tertiary/aromatic N) is 4. The van der Waals surface area contributed by atoms with Crippen LogP contribution in [0.15, 0.2) is 231 Å². The summed E-state index contributed by atoms with van der Waals surface area (Å²) in [6.45, 7) is 0. The molecular weight excluding hydrogens is 753 g/mol. The Labute approximate surface area is 359 Å². The van der Waals surface area contributed by atoms with Crippen LogP contribution in [0.3, 0.4) is 0 Å². The highest BCUT2D eigenvalue weighted by atomic mass is 15.0. The Balaban J connectivity index is 1.05. The summed E-state index contributed by atoms with van der Waals surface area (Å²) >= 11 is 0. The van der Waals surface area contributed by atoms with E-state index in [0.29, 0.717) is 5.82 Å². The summed E-state index contributed by atoms with van der Waals surface area (Å²) in [5, 5.41) is 3.57. The molecule has 4 nitrogen and oxygen atoms in total. The Kier molecular flexibility index (Phi) is 8.46. The summed E-state index contributed by atoms with van der Waals surface area (Å²) in [6, 6.07) is 82.1. The second kappa shape index (κ2) is 14.7. The van der Waals surface area contributed by atoms with Gasteiger partial charge in [0.05, 0.1) is 27.8 Å². The molecule has 12 rings (SSSR count). The molecule has 62 heavy (non-hydrogen) atoms. The molecule has 0 bridgehead atoms. The lowest BCUT2D eigenvalue weighted by Crippen LogP contribution is -2.00. The van der Waals surface area contributed by atoms with Crippen molar-refractivity contribution < 1.29 is 0 Å². The number of hydrogen-bond acceptors (Lipinski definition) is 2. The number of fused-ring (bicyclic) bond motifs is 6. The quantitative estimate of drug-likeness (QED) is 0.161. The third-order valence-electron chi connectivity index (χ3n) is 12.1. The van der Waals surface area contributed by atoms with Crippen LogP contribution in [-0.4, -0.2) is 19.1 Å². The monoisotopic (exact) mass is 790 g/mol. The molecule has 3 heterocycles. The van der Waals surface area contributed by atoms with E-state index in [-0.39, 0.29) is 0 Å². The fraction of sp³-hybridized carbons (Fsp3) is 0. The van der Waals surface area contributed by atoms with Gasteiger partial charge in [-0.2, -0.15) is 0 Å². The fourth-order valence-corrected chi connectivity index (χ4v) is 9.32. The second-order valence-electron chi connectivity index (χ2n) is 15.8. The van der Waals surface area contributed by atoms with E-state index in [1.807, 2.05) is 0 Å². The van der Waals surface area contributed by atoms with Crippen molar-refractivity contribution in [1.82, 2.24) is 19.1 Å². The molecule has 0 fully saturated rings. The van der Waals surface area contributed by atoms with Gasteiger partial charge in [-0.25, -0.2) is 9.97 Å². The van der Waals surface area contributed by atoms with Gasteiger partial charge in [-0.3, -0.25) is 0 Å². The lowest BCUT2D eigenvalue weighted by molar-refractivity contribution is 1.15. The average Bonchev–Trinajstić information content (AvgIpc) is 3.88. The molecule has 0 saturated carbocycles. The summed E-state index contributed by atoms with van der Waals surface area (Å²) in [5.74, 6) is 0.691. The maximum absolute atomic E-state index is 5.51. The normalized spacial score (nSPS) is 11.5. The van der Waals surface area contributed by atoms with Crippen LogP contribution in [0.25, 0.3) is 111 Å². The summed E-state index contributed by atoms with van der Waals surface area (Å²) in [7, 11) is 0. The molecule has 0 aliphatic heterocycles. The second-order valence-corrected chi connectivity index (χ2v) is 15.8. The number of hydrogen-bond donors (Lipinski definition) is 0. The van der Waals surface area contributed by atoms with E-state index in [4.69, 9.17) is 9.97 Å². The summed E-state index contributed by atoms with van der Waals surface area (Å²) in [6.07, 6.45) is 0. The predicted octanol–water partition coefficient (Wildman–Crippen LogP) is 15.0. The van der Waals surface area contributed by atoms with Crippen molar-refractivity contribution in [3.63, 3.8) is 0 Å². The first kappa shape index (κ1) is 35.6. The van der Waals surface area contributed by atoms with Gasteiger partial charge in [0, 0.05) is 38.7 Å². The minimum atomic E-state index is 0.691. The van der Waals surface area contributed by atoms with Crippen molar-refractivity contribution >= 4 is 43.7 Å². The molecule has 12 aromatic rings. The van der Waals surface area contributed by atoms with Crippen molar-refractivity contribution in [2.45, 2.75) is 0 Å². The van der Waals surface area contributed by atoms with Gasteiger partial charge in [-0.05, 0) is 94.0 Å². The highest BCUT2D eigenvalue weighted by Crippen LogP contribution is 2.42. The van der Waals surface area contributed by atoms with Gasteiger partial charge in [0.2, 0.25) is 0 Å². The summed E-state index contributed by atoms with van der Waals surface area (Å²) < 4.78 is 4.70. The minimum Gasteiger partial charge on any atom is -0.309 e. The number of para-hydroxylation sites is 4. The van der Waals surface area contributed by atoms with Gasteiger partial charge in [0.1, 0.15) is 5.52 Å². The maximum atomic E-state index is 5.51. The van der Waals surface area contributed by atoms with Crippen LogP contribution < -0.4 is 0 Å². The van der Waals surface area contributed by atoms with Crippen molar-refractivity contribution in [2.24, 2.45) is 0 Å². The van der Waals surface area contributed by atoms with Crippen molar-refractivity contribution in [3.8, 4) is 67.4 Å². The lowest BCUT2D eigenvalue weighted by atomic mass is 9.95. The molecule has 290 valence electrons. The molecule has 4 heteroatoms. The Hall–Kier alpha value is -8.34. The third-order valence-corrected chi connectivity index (χ3v) is 12.1. The first-order chi connectivity index (χ1) is 30.8. The highest BCUT2D eigenvalue weighted by molar-refractivity contribution is 6.16. The van der Waals surface area contributed by atoms with E-state index in [0.717, 1.165) is 72.4 Å². The van der Waals surface area contributed by atoms with Crippen LogP contribution in [0.5, 0.6) is 0 Å². The van der Waals surface area contributed by atoms with Gasteiger partial charge in [0.25, 0.3) is 0 Å². The zero-order valence-electron chi connectivity index (χ0n) is 33.7. The van der Waals surface area contributed by atoms with E-state index in [2.05, 4.69) is 240 Å². The van der Waals surface area contributed by atoms with Crippen LogP contribution in [-0.2, 0) is 0 Å². The topological polar surface area (TPSA) is 35.6 Å². The summed E-state index contributed by atoms with van der Waals surface area (Å²) in [5.41, 5.74) is 17.4. The van der Waals surface area contributed by atoms with Crippen molar-refractivity contribution in [3.05, 3.63) is 231 Å². The minimum absolute atomic E-state index is 0.691. The Bertz CT molecular complexity index is 3620. The van der Waals surface area contributed by atoms with E-state index >= 15 is 0 Å². The molecule has 3 aromatic heterocycles. The molecule has 0 N–H and O–H groups in total. The van der Waals surface area contributed by atoms with Crippen LogP contribution in [0.2, 0.25) is 0 Å². The van der Waals surface area contributed by atoms with Gasteiger partial charge >= 0.3 is 0 Å². The largest absolute Gasteiger partial charge is 0.309 e. The maximum Gasteiger partial charge on any atom is 0.160 e. The standard InChI is InChI=1S/C58H38N4/c1-4-18-39(19-5-1)40-20-16-25-45(38-40)58-59-55(57-56(60-58)50-31-11-13-34-52(50)62(57)47-28-8-3-9-29-47)44-24-15-22-42(37-44)41-21-14-23-43(36-41)48-32-17-35-53-54(48)49-30-10-12-33-51(49)61(53)46-26-6-2-7-27-46/h1-38H. The van der Waals surface area contributed by atoms with Crippen LogP contribution in [0, 0.1) is 0 Å². The van der Waals surface area contributed by atoms with Gasteiger partial charge < -0.3 is 9.13 Å². The molecule has 0 amide bonds. The molecule has 0 spiro atoms. The molecule has 0 saturated heterocycles. The Morgan fingerprint density at radius 3 is 1.48 bits per heavy atom. The molecule has 0 unspecified atom stereocenters. The Morgan fingerprint density at radius 2 is 0.774 bits per heavy atom. The first-order valence-electron chi connectivity index (χ1n) is 21.1. The molecular formula is C58H38N4. The smallest absolute Gasteiger partial charge is 0.160 e. The van der Waals surface area contributed by atoms with Crippen molar-refractivity contribution in [1.29, 1.82) is 0 Å². The number of aromatic nitrogens is 4. The number of rotatable bonds is 7. The highest BCUT2D eigenvalue weighted by Gasteiger charge is 2.22. The third kappa shape index (κ3) is 5.92. The number of benzene rings is 9.